The molecule has 3 N–H and O–H groups in total. The molecule has 0 radical (unpaired) electrons. The number of alkyl carbamates (subject to hydrolysis) is 1. The van der Waals surface area contributed by atoms with Crippen LogP contribution in [0.1, 0.15) is 17.3 Å². The molecule has 0 aliphatic rings. The van der Waals surface area contributed by atoms with Crippen molar-refractivity contribution in [1.29, 1.82) is 0 Å². The number of benzene rings is 1. The maximum atomic E-state index is 13.1. The van der Waals surface area contributed by atoms with Crippen LogP contribution in [0.2, 0.25) is 0 Å². The first-order chi connectivity index (χ1) is 17.4. The Kier molecular flexibility index (Phi) is 9.90. The molecule has 17 heteroatoms. The minimum Gasteiger partial charge on any atom is -0.481 e. The van der Waals surface area contributed by atoms with Crippen LogP contribution in [0, 0.1) is 0 Å². The standard InChI is InChI=1S/C20H24N6O9S2/c1-6-35-20(29)24-19(36)26(2)11-7-8-12(16(27)34-5)13(9-11)37(30,31)25-18(28)23-17-21-14(32-3)10-15(22-17)33-4/h7-10H,6H2,1-5H3,(H,24,29,36)(H2,21,22,23,25,28). The summed E-state index contributed by atoms with van der Waals surface area (Å²) < 4.78 is 47.4. The average Bonchev–Trinajstić information content (AvgIpc) is 2.86. The number of amides is 3. The highest BCUT2D eigenvalue weighted by Gasteiger charge is 2.27. The largest absolute Gasteiger partial charge is 0.481 e. The molecule has 0 aliphatic carbocycles. The van der Waals surface area contributed by atoms with Gasteiger partial charge in [0.2, 0.25) is 17.7 Å². The van der Waals surface area contributed by atoms with Crippen LogP contribution in [0.3, 0.4) is 0 Å². The fourth-order valence-corrected chi connectivity index (χ4v) is 3.96. The number of nitrogens with one attached hydrogen (secondary N) is 3. The van der Waals surface area contributed by atoms with E-state index < -0.39 is 33.0 Å². The zero-order chi connectivity index (χ0) is 27.8. The van der Waals surface area contributed by atoms with Gasteiger partial charge in [-0.15, -0.1) is 0 Å². The highest BCUT2D eigenvalue weighted by Crippen LogP contribution is 2.24. The maximum absolute atomic E-state index is 13.1. The van der Waals surface area contributed by atoms with Gasteiger partial charge in [-0.1, -0.05) is 0 Å². The number of thiocarbonyl (C=S) groups is 1. The van der Waals surface area contributed by atoms with Crippen molar-refractivity contribution >= 4 is 57.1 Å². The van der Waals surface area contributed by atoms with E-state index in [4.69, 9.17) is 26.4 Å². The molecular weight excluding hydrogens is 532 g/mol. The molecule has 1 aromatic carbocycles. The second-order valence-electron chi connectivity index (χ2n) is 6.72. The number of urea groups is 1. The predicted octanol–water partition coefficient (Wildman–Crippen LogP) is 1.26. The van der Waals surface area contributed by atoms with Crippen LogP contribution in [0.5, 0.6) is 11.8 Å². The van der Waals surface area contributed by atoms with Gasteiger partial charge in [0.1, 0.15) is 4.90 Å². The van der Waals surface area contributed by atoms with Crippen LogP contribution in [0.25, 0.3) is 0 Å². The number of methoxy groups -OCH3 is 3. The van der Waals surface area contributed by atoms with E-state index in [0.29, 0.717) is 0 Å². The van der Waals surface area contributed by atoms with Gasteiger partial charge >= 0.3 is 18.1 Å². The van der Waals surface area contributed by atoms with E-state index in [1.165, 1.54) is 38.3 Å². The molecule has 3 amide bonds. The molecule has 0 saturated carbocycles. The van der Waals surface area contributed by atoms with Gasteiger partial charge in [0.05, 0.1) is 39.6 Å². The zero-order valence-electron chi connectivity index (χ0n) is 20.3. The predicted molar refractivity (Wildman–Crippen MR) is 133 cm³/mol. The number of hydrogen-bond acceptors (Lipinski definition) is 12. The molecule has 0 atom stereocenters. The molecule has 2 aromatic rings. The van der Waals surface area contributed by atoms with Crippen LogP contribution in [0.4, 0.5) is 21.2 Å². The Morgan fingerprint density at radius 2 is 1.68 bits per heavy atom. The molecule has 0 spiro atoms. The summed E-state index contributed by atoms with van der Waals surface area (Å²) in [6, 6.07) is 3.68. The summed E-state index contributed by atoms with van der Waals surface area (Å²) in [5.74, 6) is -1.22. The van der Waals surface area contributed by atoms with E-state index in [1.807, 2.05) is 0 Å². The van der Waals surface area contributed by atoms with E-state index in [-0.39, 0.29) is 40.7 Å². The highest BCUT2D eigenvalue weighted by atomic mass is 32.2. The van der Waals surface area contributed by atoms with Crippen LogP contribution in [0.15, 0.2) is 29.2 Å². The highest BCUT2D eigenvalue weighted by molar-refractivity contribution is 7.90. The van der Waals surface area contributed by atoms with Gasteiger partial charge < -0.3 is 23.8 Å². The van der Waals surface area contributed by atoms with Crippen LogP contribution in [-0.2, 0) is 19.5 Å². The van der Waals surface area contributed by atoms with Gasteiger partial charge in [0, 0.05) is 12.7 Å². The fourth-order valence-electron chi connectivity index (χ4n) is 2.65. The molecule has 0 bridgehead atoms. The fraction of sp³-hybridized carbons (Fsp3) is 0.300. The van der Waals surface area contributed by atoms with E-state index in [0.717, 1.165) is 19.2 Å². The van der Waals surface area contributed by atoms with Crippen molar-refractivity contribution in [3.63, 3.8) is 0 Å². The van der Waals surface area contributed by atoms with Crippen molar-refractivity contribution in [2.45, 2.75) is 11.8 Å². The summed E-state index contributed by atoms with van der Waals surface area (Å²) in [6.07, 6.45) is -0.812. The quantitative estimate of drug-likeness (QED) is 0.312. The number of carbonyl (C=O) groups excluding carboxylic acids is 3. The first-order valence-corrected chi connectivity index (χ1v) is 12.1. The SMILES string of the molecule is CCOC(=O)NC(=S)N(C)c1ccc(C(=O)OC)c(S(=O)(=O)NC(=O)Nc2nc(OC)cc(OC)n2)c1. The minimum absolute atomic E-state index is 0.0427. The number of ether oxygens (including phenoxy) is 4. The summed E-state index contributed by atoms with van der Waals surface area (Å²) in [4.78, 5) is 44.8. The summed E-state index contributed by atoms with van der Waals surface area (Å²) in [5.41, 5.74) is -0.223. The molecule has 0 fully saturated rings. The third kappa shape index (κ3) is 7.61. The first kappa shape index (κ1) is 29.0. The minimum atomic E-state index is -4.67. The molecule has 1 aromatic heterocycles. The number of rotatable bonds is 8. The summed E-state index contributed by atoms with van der Waals surface area (Å²) >= 11 is 5.14. The van der Waals surface area contributed by atoms with Crippen molar-refractivity contribution in [3.8, 4) is 11.8 Å². The molecule has 200 valence electrons. The van der Waals surface area contributed by atoms with Gasteiger partial charge in [-0.2, -0.15) is 9.97 Å². The smallest absolute Gasteiger partial charge is 0.413 e. The Bertz CT molecular complexity index is 1280. The molecule has 0 saturated heterocycles. The second-order valence-corrected chi connectivity index (χ2v) is 8.76. The van der Waals surface area contributed by atoms with Crippen molar-refractivity contribution in [1.82, 2.24) is 20.0 Å². The Hall–Kier alpha value is -4.25. The van der Waals surface area contributed by atoms with E-state index >= 15 is 0 Å². The summed E-state index contributed by atoms with van der Waals surface area (Å²) in [7, 11) is 0.467. The van der Waals surface area contributed by atoms with Gasteiger partial charge in [0.25, 0.3) is 10.0 Å². The molecule has 15 nitrogen and oxygen atoms in total. The topological polar surface area (TPSA) is 187 Å². The maximum Gasteiger partial charge on any atom is 0.413 e. The number of aromatic nitrogens is 2. The van der Waals surface area contributed by atoms with E-state index in [1.54, 1.807) is 11.6 Å². The molecule has 1 heterocycles. The third-order valence-corrected chi connectivity index (χ3v) is 6.13. The molecule has 2 rings (SSSR count). The van der Waals surface area contributed by atoms with E-state index in [2.05, 4.69) is 25.3 Å². The first-order valence-electron chi connectivity index (χ1n) is 10.2. The lowest BCUT2D eigenvalue weighted by atomic mass is 10.2. The molecular formula is C20H24N6O9S2. The number of sulfonamides is 1. The second kappa shape index (κ2) is 12.6. The number of carbonyl (C=O) groups is 3. The number of anilines is 2. The molecule has 0 aliphatic heterocycles. The lowest BCUT2D eigenvalue weighted by Gasteiger charge is -2.21. The Morgan fingerprint density at radius 1 is 1.05 bits per heavy atom. The van der Waals surface area contributed by atoms with Gasteiger partial charge in [-0.05, 0) is 37.3 Å². The Balaban J connectivity index is 2.37. The molecule has 37 heavy (non-hydrogen) atoms. The number of esters is 1. The molecule has 0 unspecified atom stereocenters. The van der Waals surface area contributed by atoms with Gasteiger partial charge in [0.15, 0.2) is 5.11 Å². The van der Waals surface area contributed by atoms with Crippen LogP contribution in [-0.4, -0.2) is 76.6 Å². The normalized spacial score (nSPS) is 10.5. The van der Waals surface area contributed by atoms with Crippen LogP contribution >= 0.6 is 12.2 Å². The third-order valence-electron chi connectivity index (χ3n) is 4.39. The van der Waals surface area contributed by atoms with Crippen molar-refractivity contribution in [2.24, 2.45) is 0 Å². The number of nitrogens with zero attached hydrogens (tertiary/aromatic N) is 3. The summed E-state index contributed by atoms with van der Waals surface area (Å²) in [6.45, 7) is 1.71. The summed E-state index contributed by atoms with van der Waals surface area (Å²) in [5, 5.41) is 4.33. The van der Waals surface area contributed by atoms with Crippen molar-refractivity contribution < 1.29 is 41.7 Å². The van der Waals surface area contributed by atoms with Crippen molar-refractivity contribution in [2.75, 3.05) is 45.2 Å². The van der Waals surface area contributed by atoms with Gasteiger partial charge in [-0.3, -0.25) is 10.6 Å². The zero-order valence-corrected chi connectivity index (χ0v) is 22.0. The monoisotopic (exact) mass is 556 g/mol. The van der Waals surface area contributed by atoms with Gasteiger partial charge in [-0.25, -0.2) is 27.5 Å². The Labute approximate surface area is 217 Å². The lowest BCUT2D eigenvalue weighted by Crippen LogP contribution is -2.41. The lowest BCUT2D eigenvalue weighted by molar-refractivity contribution is 0.0596. The van der Waals surface area contributed by atoms with Crippen LogP contribution < -0.4 is 29.7 Å². The van der Waals surface area contributed by atoms with Crippen molar-refractivity contribution in [3.05, 3.63) is 29.8 Å². The average molecular weight is 557 g/mol. The van der Waals surface area contributed by atoms with E-state index in [9.17, 15) is 22.8 Å². The Morgan fingerprint density at radius 3 is 2.22 bits per heavy atom. The number of hydrogen-bond donors (Lipinski definition) is 3.